The summed E-state index contributed by atoms with van der Waals surface area (Å²) in [7, 11) is 1.79. The highest BCUT2D eigenvalue weighted by molar-refractivity contribution is 7.07. The third kappa shape index (κ3) is 2.83. The van der Waals surface area contributed by atoms with E-state index in [0.29, 0.717) is 19.7 Å². The minimum absolute atomic E-state index is 0.0884. The average Bonchev–Trinajstić information content (AvgIpc) is 2.76. The molecule has 6 heteroatoms. The molecule has 94 valence electrons. The Morgan fingerprint density at radius 2 is 2.53 bits per heavy atom. The second-order valence-electron chi connectivity index (χ2n) is 4.08. The van der Waals surface area contributed by atoms with E-state index in [-0.39, 0.29) is 18.1 Å². The predicted molar refractivity (Wildman–Crippen MR) is 65.8 cm³/mol. The van der Waals surface area contributed by atoms with Crippen molar-refractivity contribution in [3.8, 4) is 0 Å². The van der Waals surface area contributed by atoms with Crippen molar-refractivity contribution in [2.75, 3.05) is 20.2 Å². The van der Waals surface area contributed by atoms with Gasteiger partial charge in [0.05, 0.1) is 30.5 Å². The number of rotatable bonds is 3. The molecule has 0 aliphatic carbocycles. The van der Waals surface area contributed by atoms with Crippen molar-refractivity contribution in [1.29, 1.82) is 0 Å². The number of hydrogen-bond acceptors (Lipinski definition) is 5. The highest BCUT2D eigenvalue weighted by Gasteiger charge is 2.31. The number of thiazole rings is 1. The maximum Gasteiger partial charge on any atom is 0.242 e. The first kappa shape index (κ1) is 12.5. The second kappa shape index (κ2) is 5.57. The summed E-state index contributed by atoms with van der Waals surface area (Å²) >= 11 is 1.55. The van der Waals surface area contributed by atoms with Crippen molar-refractivity contribution in [3.63, 3.8) is 0 Å². The molecule has 0 spiro atoms. The van der Waals surface area contributed by atoms with Crippen molar-refractivity contribution in [2.45, 2.75) is 25.6 Å². The highest BCUT2D eigenvalue weighted by atomic mass is 32.1. The third-order valence-electron chi connectivity index (χ3n) is 2.94. The van der Waals surface area contributed by atoms with E-state index in [9.17, 15) is 4.79 Å². The molecule has 5 nitrogen and oxygen atoms in total. The average molecular weight is 255 g/mol. The van der Waals surface area contributed by atoms with Gasteiger partial charge >= 0.3 is 0 Å². The van der Waals surface area contributed by atoms with Crippen LogP contribution in [-0.4, -0.2) is 48.1 Å². The molecule has 1 amide bonds. The summed E-state index contributed by atoms with van der Waals surface area (Å²) < 4.78 is 5.58. The van der Waals surface area contributed by atoms with E-state index in [0.717, 1.165) is 5.69 Å². The minimum atomic E-state index is -0.267. The Kier molecular flexibility index (Phi) is 4.09. The van der Waals surface area contributed by atoms with E-state index in [4.69, 9.17) is 4.74 Å². The Morgan fingerprint density at radius 3 is 3.18 bits per heavy atom. The van der Waals surface area contributed by atoms with Gasteiger partial charge in [-0.05, 0) is 14.0 Å². The summed E-state index contributed by atoms with van der Waals surface area (Å²) in [6.45, 7) is 3.69. The quantitative estimate of drug-likeness (QED) is 0.853. The van der Waals surface area contributed by atoms with Crippen LogP contribution in [0.1, 0.15) is 12.6 Å². The van der Waals surface area contributed by atoms with E-state index in [1.807, 2.05) is 12.3 Å². The van der Waals surface area contributed by atoms with Gasteiger partial charge in [-0.3, -0.25) is 4.79 Å². The zero-order valence-electron chi connectivity index (χ0n) is 10.0. The van der Waals surface area contributed by atoms with Gasteiger partial charge in [0.25, 0.3) is 0 Å². The number of amides is 1. The molecule has 2 unspecified atom stereocenters. The normalized spacial score (nSPS) is 26.0. The number of nitrogens with one attached hydrogen (secondary N) is 1. The van der Waals surface area contributed by atoms with Crippen LogP contribution < -0.4 is 5.32 Å². The Bertz CT molecular complexity index is 369. The van der Waals surface area contributed by atoms with Crippen LogP contribution in [0.15, 0.2) is 10.9 Å². The summed E-state index contributed by atoms with van der Waals surface area (Å²) in [6, 6.07) is -0.267. The summed E-state index contributed by atoms with van der Waals surface area (Å²) in [5, 5.41) is 4.99. The van der Waals surface area contributed by atoms with Gasteiger partial charge in [-0.2, -0.15) is 0 Å². The van der Waals surface area contributed by atoms with Gasteiger partial charge in [-0.1, -0.05) is 0 Å². The third-order valence-corrected chi connectivity index (χ3v) is 3.57. The summed E-state index contributed by atoms with van der Waals surface area (Å²) in [5.41, 5.74) is 2.72. The fourth-order valence-electron chi connectivity index (χ4n) is 1.98. The number of carbonyl (C=O) groups excluding carboxylic acids is 1. The van der Waals surface area contributed by atoms with Crippen molar-refractivity contribution < 1.29 is 9.53 Å². The molecule has 1 N–H and O–H groups in total. The van der Waals surface area contributed by atoms with Crippen LogP contribution in [0.3, 0.4) is 0 Å². The Labute approximate surface area is 105 Å². The maximum atomic E-state index is 12.3. The maximum absolute atomic E-state index is 12.3. The summed E-state index contributed by atoms with van der Waals surface area (Å²) in [5.74, 6) is 0.0884. The molecule has 17 heavy (non-hydrogen) atoms. The van der Waals surface area contributed by atoms with Crippen molar-refractivity contribution in [2.24, 2.45) is 0 Å². The first-order valence-electron chi connectivity index (χ1n) is 5.67. The monoisotopic (exact) mass is 255 g/mol. The number of ether oxygens (including phenoxy) is 1. The standard InChI is InChI=1S/C11H17N3O2S/c1-8-10(12-2)11(15)14(3-4-16-8)5-9-6-17-7-13-9/h6-8,10,12H,3-5H2,1-2H3. The molecule has 0 bridgehead atoms. The molecule has 1 aliphatic heterocycles. The molecule has 1 aromatic rings. The van der Waals surface area contributed by atoms with Gasteiger partial charge in [-0.15, -0.1) is 11.3 Å². The largest absolute Gasteiger partial charge is 0.374 e. The van der Waals surface area contributed by atoms with Crippen LogP contribution in [0.2, 0.25) is 0 Å². The van der Waals surface area contributed by atoms with Crippen molar-refractivity contribution in [1.82, 2.24) is 15.2 Å². The lowest BCUT2D eigenvalue weighted by molar-refractivity contribution is -0.134. The van der Waals surface area contributed by atoms with Crippen molar-refractivity contribution >= 4 is 17.2 Å². The van der Waals surface area contributed by atoms with Gasteiger partial charge in [0.1, 0.15) is 6.04 Å². The molecular formula is C11H17N3O2S. The molecule has 2 rings (SSSR count). The lowest BCUT2D eigenvalue weighted by atomic mass is 10.1. The van der Waals surface area contributed by atoms with Gasteiger partial charge in [0.15, 0.2) is 0 Å². The Balaban J connectivity index is 2.08. The van der Waals surface area contributed by atoms with E-state index >= 15 is 0 Å². The molecule has 1 aromatic heterocycles. The second-order valence-corrected chi connectivity index (χ2v) is 4.80. The number of nitrogens with zero attached hydrogens (tertiary/aromatic N) is 2. The molecular weight excluding hydrogens is 238 g/mol. The summed E-state index contributed by atoms with van der Waals surface area (Å²) in [6.07, 6.45) is -0.0899. The van der Waals surface area contributed by atoms with Gasteiger partial charge in [-0.25, -0.2) is 4.98 Å². The van der Waals surface area contributed by atoms with Crippen molar-refractivity contribution in [3.05, 3.63) is 16.6 Å². The molecule has 1 aliphatic rings. The van der Waals surface area contributed by atoms with Crippen LogP contribution in [0.5, 0.6) is 0 Å². The van der Waals surface area contributed by atoms with Gasteiger partial charge in [0.2, 0.25) is 5.91 Å². The lowest BCUT2D eigenvalue weighted by Gasteiger charge is -2.24. The molecule has 1 fully saturated rings. The van der Waals surface area contributed by atoms with Crippen LogP contribution >= 0.6 is 11.3 Å². The first-order chi connectivity index (χ1) is 8.22. The number of hydrogen-bond donors (Lipinski definition) is 1. The fraction of sp³-hybridized carbons (Fsp3) is 0.636. The number of likely N-dealkylation sites (N-methyl/N-ethyl adjacent to an activating group) is 1. The lowest BCUT2D eigenvalue weighted by Crippen LogP contribution is -2.48. The Morgan fingerprint density at radius 1 is 1.71 bits per heavy atom. The SMILES string of the molecule is CNC1C(=O)N(Cc2cscn2)CCOC1C. The van der Waals surface area contributed by atoms with E-state index < -0.39 is 0 Å². The molecule has 0 radical (unpaired) electrons. The fourth-order valence-corrected chi connectivity index (χ4v) is 2.53. The zero-order chi connectivity index (χ0) is 12.3. The molecule has 0 saturated carbocycles. The molecule has 0 aromatic carbocycles. The van der Waals surface area contributed by atoms with Crippen LogP contribution in [0.25, 0.3) is 0 Å². The smallest absolute Gasteiger partial charge is 0.242 e. The van der Waals surface area contributed by atoms with Crippen LogP contribution in [-0.2, 0) is 16.1 Å². The minimum Gasteiger partial charge on any atom is -0.374 e. The molecule has 1 saturated heterocycles. The zero-order valence-corrected chi connectivity index (χ0v) is 10.9. The van der Waals surface area contributed by atoms with Gasteiger partial charge in [0, 0.05) is 11.9 Å². The van der Waals surface area contributed by atoms with E-state index in [2.05, 4.69) is 10.3 Å². The van der Waals surface area contributed by atoms with Crippen LogP contribution in [0.4, 0.5) is 0 Å². The number of carbonyl (C=O) groups is 1. The van der Waals surface area contributed by atoms with Crippen LogP contribution in [0, 0.1) is 0 Å². The first-order valence-corrected chi connectivity index (χ1v) is 6.61. The summed E-state index contributed by atoms with van der Waals surface area (Å²) in [4.78, 5) is 18.3. The topological polar surface area (TPSA) is 54.5 Å². The van der Waals surface area contributed by atoms with Gasteiger partial charge < -0.3 is 15.0 Å². The van der Waals surface area contributed by atoms with E-state index in [1.165, 1.54) is 0 Å². The Hall–Kier alpha value is -0.980. The predicted octanol–water partition coefficient (Wildman–Crippen LogP) is 0.478. The van der Waals surface area contributed by atoms with E-state index in [1.54, 1.807) is 28.8 Å². The molecule has 2 atom stereocenters. The number of aromatic nitrogens is 1. The molecule has 2 heterocycles. The highest BCUT2D eigenvalue weighted by Crippen LogP contribution is 2.12.